The van der Waals surface area contributed by atoms with Crippen LogP contribution in [-0.4, -0.2) is 21.3 Å². The Bertz CT molecular complexity index is 427. The predicted molar refractivity (Wildman–Crippen MR) is 67.3 cm³/mol. The molecule has 1 N–H and O–H groups in total. The number of anilines is 1. The van der Waals surface area contributed by atoms with Crippen molar-refractivity contribution < 1.29 is 0 Å². The lowest BCUT2D eigenvalue weighted by molar-refractivity contribution is 0.591. The third-order valence-corrected chi connectivity index (χ3v) is 2.59. The van der Waals surface area contributed by atoms with E-state index in [1.165, 1.54) is 0 Å². The van der Waals surface area contributed by atoms with Crippen molar-refractivity contribution in [2.24, 2.45) is 0 Å². The van der Waals surface area contributed by atoms with E-state index in [1.54, 1.807) is 6.20 Å². The first kappa shape index (κ1) is 11.1. The molecule has 0 aliphatic heterocycles. The van der Waals surface area contributed by atoms with Gasteiger partial charge in [0.15, 0.2) is 0 Å². The van der Waals surface area contributed by atoms with Gasteiger partial charge in [0.25, 0.3) is 0 Å². The Labute approximate surface area is 103 Å². The van der Waals surface area contributed by atoms with Crippen molar-refractivity contribution in [1.82, 2.24) is 14.8 Å². The lowest BCUT2D eigenvalue weighted by atomic mass is 10.4. The Kier molecular flexibility index (Phi) is 3.93. The quantitative estimate of drug-likeness (QED) is 0.676. The number of nitrogens with zero attached hydrogens (tertiary/aromatic N) is 3. The molecule has 0 saturated heterocycles. The molecule has 0 aliphatic carbocycles. The van der Waals surface area contributed by atoms with Crippen LogP contribution in [-0.2, 0) is 6.54 Å². The molecule has 0 atom stereocenters. The van der Waals surface area contributed by atoms with Gasteiger partial charge in [0, 0.05) is 25.5 Å². The first-order valence-corrected chi connectivity index (χ1v) is 5.98. The summed E-state index contributed by atoms with van der Waals surface area (Å²) in [6.45, 7) is 1.82. The second kappa shape index (κ2) is 5.65. The maximum atomic E-state index is 4.29. The Balaban J connectivity index is 1.72. The highest BCUT2D eigenvalue weighted by atomic mass is 79.9. The highest BCUT2D eigenvalue weighted by Gasteiger charge is 1.95. The van der Waals surface area contributed by atoms with E-state index < -0.39 is 0 Å². The topological polar surface area (TPSA) is 42.7 Å². The van der Waals surface area contributed by atoms with Crippen LogP contribution >= 0.6 is 15.9 Å². The van der Waals surface area contributed by atoms with Crippen molar-refractivity contribution in [3.05, 3.63) is 41.3 Å². The van der Waals surface area contributed by atoms with E-state index in [0.717, 1.165) is 29.9 Å². The summed E-state index contributed by atoms with van der Waals surface area (Å²) in [6, 6.07) is 7.77. The van der Waals surface area contributed by atoms with E-state index in [0.29, 0.717) is 0 Å². The van der Waals surface area contributed by atoms with Gasteiger partial charge in [0.2, 0.25) is 0 Å². The molecule has 2 aromatic rings. The summed E-state index contributed by atoms with van der Waals surface area (Å²) in [6.07, 6.45) is 4.79. The number of aryl methyl sites for hydroxylation is 1. The summed E-state index contributed by atoms with van der Waals surface area (Å²) in [5, 5.41) is 7.41. The molecule has 2 heterocycles. The number of aromatic nitrogens is 3. The van der Waals surface area contributed by atoms with Crippen LogP contribution in [0.1, 0.15) is 6.42 Å². The van der Waals surface area contributed by atoms with E-state index in [-0.39, 0.29) is 0 Å². The highest BCUT2D eigenvalue weighted by Crippen LogP contribution is 2.09. The molecule has 16 heavy (non-hydrogen) atoms. The number of rotatable bonds is 5. The average Bonchev–Trinajstić information content (AvgIpc) is 2.77. The number of pyridine rings is 1. The van der Waals surface area contributed by atoms with Gasteiger partial charge in [-0.25, -0.2) is 4.98 Å². The first-order chi connectivity index (χ1) is 7.84. The van der Waals surface area contributed by atoms with Crippen molar-refractivity contribution in [3.8, 4) is 0 Å². The Morgan fingerprint density at radius 1 is 1.31 bits per heavy atom. The lowest BCUT2D eigenvalue weighted by Gasteiger charge is -2.05. The molecular formula is C11H13BrN4. The zero-order valence-corrected chi connectivity index (χ0v) is 10.4. The Morgan fingerprint density at radius 2 is 2.25 bits per heavy atom. The molecule has 0 radical (unpaired) electrons. The zero-order chi connectivity index (χ0) is 11.2. The highest BCUT2D eigenvalue weighted by molar-refractivity contribution is 9.10. The largest absolute Gasteiger partial charge is 0.370 e. The van der Waals surface area contributed by atoms with E-state index in [1.807, 2.05) is 35.1 Å². The SMILES string of the molecule is Brc1cccc(NCCCn2cccn2)n1. The minimum absolute atomic E-state index is 0.851. The van der Waals surface area contributed by atoms with E-state index in [4.69, 9.17) is 0 Å². The van der Waals surface area contributed by atoms with E-state index in [2.05, 4.69) is 31.3 Å². The molecule has 0 unspecified atom stereocenters. The van der Waals surface area contributed by atoms with E-state index in [9.17, 15) is 0 Å². The van der Waals surface area contributed by atoms with Gasteiger partial charge in [-0.1, -0.05) is 6.07 Å². The minimum atomic E-state index is 0.851. The van der Waals surface area contributed by atoms with E-state index >= 15 is 0 Å². The number of hydrogen-bond donors (Lipinski definition) is 1. The van der Waals surface area contributed by atoms with Gasteiger partial charge in [-0.05, 0) is 40.5 Å². The molecule has 0 aromatic carbocycles. The maximum absolute atomic E-state index is 4.29. The van der Waals surface area contributed by atoms with Crippen LogP contribution in [0.25, 0.3) is 0 Å². The third kappa shape index (κ3) is 3.34. The molecule has 0 amide bonds. The second-order valence-corrected chi connectivity index (χ2v) is 4.21. The van der Waals surface area contributed by atoms with Gasteiger partial charge in [-0.15, -0.1) is 0 Å². The molecule has 0 fully saturated rings. The summed E-state index contributed by atoms with van der Waals surface area (Å²) < 4.78 is 2.78. The molecule has 84 valence electrons. The lowest BCUT2D eigenvalue weighted by Crippen LogP contribution is -2.07. The molecule has 0 saturated carbocycles. The fraction of sp³-hybridized carbons (Fsp3) is 0.273. The van der Waals surface area contributed by atoms with Gasteiger partial charge in [0.05, 0.1) is 0 Å². The fourth-order valence-electron chi connectivity index (χ4n) is 1.40. The first-order valence-electron chi connectivity index (χ1n) is 5.18. The van der Waals surface area contributed by atoms with Crippen molar-refractivity contribution in [3.63, 3.8) is 0 Å². The molecule has 2 rings (SSSR count). The van der Waals surface area contributed by atoms with Crippen LogP contribution in [0.15, 0.2) is 41.3 Å². The van der Waals surface area contributed by atoms with Crippen LogP contribution in [0.3, 0.4) is 0 Å². The molecule has 0 aliphatic rings. The van der Waals surface area contributed by atoms with Crippen LogP contribution in [0, 0.1) is 0 Å². The summed E-state index contributed by atoms with van der Waals surface area (Å²) in [4.78, 5) is 4.29. The molecule has 5 heteroatoms. The molecule has 0 bridgehead atoms. The summed E-state index contributed by atoms with van der Waals surface area (Å²) in [5.41, 5.74) is 0. The van der Waals surface area contributed by atoms with Crippen LogP contribution in [0.2, 0.25) is 0 Å². The average molecular weight is 281 g/mol. The maximum Gasteiger partial charge on any atom is 0.127 e. The van der Waals surface area contributed by atoms with Gasteiger partial charge in [-0.3, -0.25) is 4.68 Å². The monoisotopic (exact) mass is 280 g/mol. The molecule has 4 nitrogen and oxygen atoms in total. The normalized spacial score (nSPS) is 10.3. The summed E-state index contributed by atoms with van der Waals surface area (Å²) in [5.74, 6) is 0.898. The van der Waals surface area contributed by atoms with Crippen molar-refractivity contribution in [2.75, 3.05) is 11.9 Å². The summed E-state index contributed by atoms with van der Waals surface area (Å²) in [7, 11) is 0. The second-order valence-electron chi connectivity index (χ2n) is 3.40. The zero-order valence-electron chi connectivity index (χ0n) is 8.81. The number of nitrogens with one attached hydrogen (secondary N) is 1. The summed E-state index contributed by atoms with van der Waals surface area (Å²) >= 11 is 3.34. The predicted octanol–water partition coefficient (Wildman–Crippen LogP) is 2.54. The fourth-order valence-corrected chi connectivity index (χ4v) is 1.74. The molecule has 2 aromatic heterocycles. The van der Waals surface area contributed by atoms with Crippen LogP contribution in [0.5, 0.6) is 0 Å². The van der Waals surface area contributed by atoms with Gasteiger partial charge >= 0.3 is 0 Å². The van der Waals surface area contributed by atoms with Crippen molar-refractivity contribution in [1.29, 1.82) is 0 Å². The smallest absolute Gasteiger partial charge is 0.127 e. The third-order valence-electron chi connectivity index (χ3n) is 2.14. The Morgan fingerprint density at radius 3 is 3.00 bits per heavy atom. The number of hydrogen-bond acceptors (Lipinski definition) is 3. The van der Waals surface area contributed by atoms with Crippen LogP contribution < -0.4 is 5.32 Å². The Hall–Kier alpha value is -1.36. The van der Waals surface area contributed by atoms with Gasteiger partial charge < -0.3 is 5.32 Å². The molecule has 0 spiro atoms. The van der Waals surface area contributed by atoms with Gasteiger partial charge in [0.1, 0.15) is 10.4 Å². The number of halogens is 1. The standard InChI is InChI=1S/C11H13BrN4/c12-10-4-1-5-11(15-10)13-6-2-8-16-9-3-7-14-16/h1,3-5,7,9H,2,6,8H2,(H,13,15). The minimum Gasteiger partial charge on any atom is -0.370 e. The van der Waals surface area contributed by atoms with Gasteiger partial charge in [-0.2, -0.15) is 5.10 Å². The van der Waals surface area contributed by atoms with Crippen LogP contribution in [0.4, 0.5) is 5.82 Å². The van der Waals surface area contributed by atoms with Crippen molar-refractivity contribution in [2.45, 2.75) is 13.0 Å². The van der Waals surface area contributed by atoms with Crippen molar-refractivity contribution >= 4 is 21.7 Å². The molecular weight excluding hydrogens is 268 g/mol.